The van der Waals surface area contributed by atoms with Crippen molar-refractivity contribution in [1.82, 2.24) is 4.90 Å². The first-order chi connectivity index (χ1) is 11.9. The number of carbonyl (C=O) groups excluding carboxylic acids is 1. The van der Waals surface area contributed by atoms with Crippen molar-refractivity contribution in [3.8, 4) is 5.75 Å². The molecule has 1 atom stereocenters. The SMILES string of the molecule is COc1ccc(CN2C(=O)CCC2S(=O)(=O)c2ccccc2)c(I)c1. The first kappa shape index (κ1) is 18.2. The van der Waals surface area contributed by atoms with Crippen LogP contribution in [0.15, 0.2) is 53.4 Å². The number of hydrogen-bond donors (Lipinski definition) is 0. The Hall–Kier alpha value is -1.61. The lowest BCUT2D eigenvalue weighted by Gasteiger charge is -2.25. The topological polar surface area (TPSA) is 63.7 Å². The van der Waals surface area contributed by atoms with Crippen LogP contribution in [0.5, 0.6) is 5.75 Å². The van der Waals surface area contributed by atoms with Crippen LogP contribution in [0.25, 0.3) is 0 Å². The summed E-state index contributed by atoms with van der Waals surface area (Å²) in [6, 6.07) is 13.9. The molecule has 25 heavy (non-hydrogen) atoms. The maximum Gasteiger partial charge on any atom is 0.224 e. The maximum absolute atomic E-state index is 13.0. The third-order valence-corrected chi connectivity index (χ3v) is 7.44. The van der Waals surface area contributed by atoms with Gasteiger partial charge < -0.3 is 9.64 Å². The molecule has 0 N–H and O–H groups in total. The molecule has 1 aliphatic heterocycles. The van der Waals surface area contributed by atoms with Crippen molar-refractivity contribution in [1.29, 1.82) is 0 Å². The Morgan fingerprint density at radius 2 is 1.92 bits per heavy atom. The van der Waals surface area contributed by atoms with E-state index in [0.717, 1.165) is 14.9 Å². The lowest BCUT2D eigenvalue weighted by atomic mass is 10.2. The third-order valence-electron chi connectivity index (χ3n) is 4.30. The fourth-order valence-electron chi connectivity index (χ4n) is 2.95. The first-order valence-electron chi connectivity index (χ1n) is 7.84. The van der Waals surface area contributed by atoms with E-state index in [-0.39, 0.29) is 23.8 Å². The molecule has 1 aliphatic rings. The van der Waals surface area contributed by atoms with E-state index in [1.54, 1.807) is 37.4 Å². The van der Waals surface area contributed by atoms with Gasteiger partial charge in [0.1, 0.15) is 11.1 Å². The van der Waals surface area contributed by atoms with Crippen LogP contribution in [0.3, 0.4) is 0 Å². The molecule has 1 saturated heterocycles. The van der Waals surface area contributed by atoms with Crippen LogP contribution in [-0.4, -0.2) is 31.7 Å². The zero-order valence-corrected chi connectivity index (χ0v) is 16.7. The van der Waals surface area contributed by atoms with E-state index >= 15 is 0 Å². The minimum absolute atomic E-state index is 0.129. The van der Waals surface area contributed by atoms with Crippen LogP contribution < -0.4 is 4.74 Å². The number of rotatable bonds is 5. The quantitative estimate of drug-likeness (QED) is 0.629. The number of halogens is 1. The van der Waals surface area contributed by atoms with E-state index in [1.165, 1.54) is 4.90 Å². The zero-order valence-electron chi connectivity index (χ0n) is 13.7. The summed E-state index contributed by atoms with van der Waals surface area (Å²) in [4.78, 5) is 14.1. The molecule has 1 heterocycles. The summed E-state index contributed by atoms with van der Waals surface area (Å²) in [6.07, 6.45) is 0.576. The molecule has 0 aromatic heterocycles. The summed E-state index contributed by atoms with van der Waals surface area (Å²) < 4.78 is 32.0. The van der Waals surface area contributed by atoms with Crippen molar-refractivity contribution in [2.75, 3.05) is 7.11 Å². The monoisotopic (exact) mass is 471 g/mol. The van der Waals surface area contributed by atoms with Gasteiger partial charge in [0.05, 0.1) is 12.0 Å². The molecule has 0 spiro atoms. The highest BCUT2D eigenvalue weighted by Gasteiger charge is 2.40. The molecular weight excluding hydrogens is 453 g/mol. The lowest BCUT2D eigenvalue weighted by Crippen LogP contribution is -2.38. The Labute approximate surface area is 161 Å². The largest absolute Gasteiger partial charge is 0.497 e. The number of benzene rings is 2. The van der Waals surface area contributed by atoms with Crippen molar-refractivity contribution in [3.63, 3.8) is 0 Å². The Morgan fingerprint density at radius 1 is 1.20 bits per heavy atom. The van der Waals surface area contributed by atoms with Gasteiger partial charge in [-0.3, -0.25) is 4.79 Å². The summed E-state index contributed by atoms with van der Waals surface area (Å²) in [6.45, 7) is 0.276. The van der Waals surface area contributed by atoms with Crippen molar-refractivity contribution in [3.05, 3.63) is 57.7 Å². The molecular formula is C18H18INO4S. The third kappa shape index (κ3) is 3.67. The number of ether oxygens (including phenoxy) is 1. The average molecular weight is 471 g/mol. The predicted octanol–water partition coefficient (Wildman–Crippen LogP) is 3.22. The van der Waals surface area contributed by atoms with Gasteiger partial charge in [-0.2, -0.15) is 0 Å². The fourth-order valence-corrected chi connectivity index (χ4v) is 5.42. The Kier molecular flexibility index (Phi) is 5.33. The number of hydrogen-bond acceptors (Lipinski definition) is 4. The number of nitrogens with zero attached hydrogens (tertiary/aromatic N) is 1. The first-order valence-corrected chi connectivity index (χ1v) is 10.5. The number of likely N-dealkylation sites (tertiary alicyclic amines) is 1. The van der Waals surface area contributed by atoms with Gasteiger partial charge in [-0.1, -0.05) is 24.3 Å². The van der Waals surface area contributed by atoms with Crippen molar-refractivity contribution >= 4 is 38.3 Å². The van der Waals surface area contributed by atoms with Crippen LogP contribution in [0, 0.1) is 3.57 Å². The second kappa shape index (κ2) is 7.33. The van der Waals surface area contributed by atoms with Crippen molar-refractivity contribution in [2.45, 2.75) is 29.7 Å². The highest BCUT2D eigenvalue weighted by Crippen LogP contribution is 2.31. The van der Waals surface area contributed by atoms with Crippen LogP contribution >= 0.6 is 22.6 Å². The van der Waals surface area contributed by atoms with E-state index in [1.807, 2.05) is 18.2 Å². The van der Waals surface area contributed by atoms with Crippen molar-refractivity contribution in [2.24, 2.45) is 0 Å². The molecule has 5 nitrogen and oxygen atoms in total. The molecule has 0 aliphatic carbocycles. The highest BCUT2D eigenvalue weighted by atomic mass is 127. The Morgan fingerprint density at radius 3 is 2.56 bits per heavy atom. The van der Waals surface area contributed by atoms with Gasteiger partial charge in [-0.25, -0.2) is 8.42 Å². The standard InChI is InChI=1S/C18H18INO4S/c1-24-14-8-7-13(16(19)11-14)12-20-17(21)9-10-18(20)25(22,23)15-5-3-2-4-6-15/h2-8,11,18H,9-10,12H2,1H3. The molecule has 0 saturated carbocycles. The van der Waals surface area contributed by atoms with Gasteiger partial charge >= 0.3 is 0 Å². The molecule has 3 rings (SSSR count). The van der Waals surface area contributed by atoms with Gasteiger partial charge in [0.2, 0.25) is 5.91 Å². The fraction of sp³-hybridized carbons (Fsp3) is 0.278. The molecule has 1 fully saturated rings. The number of methoxy groups -OCH3 is 1. The summed E-state index contributed by atoms with van der Waals surface area (Å²) in [5.41, 5.74) is 0.907. The minimum atomic E-state index is -3.59. The number of sulfone groups is 1. The number of amides is 1. The molecule has 2 aromatic carbocycles. The van der Waals surface area contributed by atoms with E-state index in [0.29, 0.717) is 6.42 Å². The van der Waals surface area contributed by atoms with Gasteiger partial charge in [0.15, 0.2) is 9.84 Å². The highest BCUT2D eigenvalue weighted by molar-refractivity contribution is 14.1. The Bertz CT molecular complexity index is 883. The van der Waals surface area contributed by atoms with Gasteiger partial charge in [-0.05, 0) is 58.8 Å². The lowest BCUT2D eigenvalue weighted by molar-refractivity contribution is -0.128. The second-order valence-corrected chi connectivity index (χ2v) is 9.10. The zero-order chi connectivity index (χ0) is 18.0. The average Bonchev–Trinajstić information content (AvgIpc) is 2.99. The van der Waals surface area contributed by atoms with Gasteiger partial charge in [0.25, 0.3) is 0 Å². The number of carbonyl (C=O) groups is 1. The summed E-state index contributed by atoms with van der Waals surface area (Å²) in [7, 11) is -1.99. The molecule has 132 valence electrons. The molecule has 2 aromatic rings. The van der Waals surface area contributed by atoms with Crippen LogP contribution in [0.4, 0.5) is 0 Å². The normalized spacial score (nSPS) is 17.8. The van der Waals surface area contributed by atoms with Crippen LogP contribution in [-0.2, 0) is 21.2 Å². The summed E-state index contributed by atoms with van der Waals surface area (Å²) in [5.74, 6) is 0.602. The van der Waals surface area contributed by atoms with Crippen LogP contribution in [0.1, 0.15) is 18.4 Å². The van der Waals surface area contributed by atoms with Gasteiger partial charge in [-0.15, -0.1) is 0 Å². The van der Waals surface area contributed by atoms with E-state index in [9.17, 15) is 13.2 Å². The summed E-state index contributed by atoms with van der Waals surface area (Å²) in [5, 5.41) is -0.819. The molecule has 0 radical (unpaired) electrons. The maximum atomic E-state index is 13.0. The second-order valence-electron chi connectivity index (χ2n) is 5.83. The molecule has 0 bridgehead atoms. The Balaban J connectivity index is 1.90. The van der Waals surface area contributed by atoms with Crippen molar-refractivity contribution < 1.29 is 17.9 Å². The minimum Gasteiger partial charge on any atom is -0.497 e. The smallest absolute Gasteiger partial charge is 0.224 e. The van der Waals surface area contributed by atoms with E-state index in [2.05, 4.69) is 22.6 Å². The van der Waals surface area contributed by atoms with Gasteiger partial charge in [0, 0.05) is 16.5 Å². The van der Waals surface area contributed by atoms with E-state index < -0.39 is 15.2 Å². The predicted molar refractivity (Wildman–Crippen MR) is 103 cm³/mol. The summed E-state index contributed by atoms with van der Waals surface area (Å²) >= 11 is 2.18. The molecule has 1 unspecified atom stereocenters. The van der Waals surface area contributed by atoms with Crippen LogP contribution in [0.2, 0.25) is 0 Å². The molecule has 7 heteroatoms. The molecule has 1 amide bonds. The van der Waals surface area contributed by atoms with E-state index in [4.69, 9.17) is 4.74 Å².